The lowest BCUT2D eigenvalue weighted by molar-refractivity contribution is 0.634. The fraction of sp³-hybridized carbons (Fsp3) is 0.765. The van der Waals surface area contributed by atoms with E-state index in [1.54, 1.807) is 16.7 Å². The molecule has 0 amide bonds. The molecule has 2 aliphatic rings. The predicted molar refractivity (Wildman–Crippen MR) is 83.4 cm³/mol. The van der Waals surface area contributed by atoms with Gasteiger partial charge in [-0.2, -0.15) is 0 Å². The summed E-state index contributed by atoms with van der Waals surface area (Å²) in [4.78, 5) is 0. The van der Waals surface area contributed by atoms with Gasteiger partial charge in [-0.15, -0.1) is 0 Å². The first-order valence-corrected chi connectivity index (χ1v) is 10.8. The van der Waals surface area contributed by atoms with Gasteiger partial charge >= 0.3 is 0 Å². The van der Waals surface area contributed by atoms with Gasteiger partial charge in [0.2, 0.25) is 0 Å². The van der Waals surface area contributed by atoms with Crippen molar-refractivity contribution in [1.82, 2.24) is 0 Å². The van der Waals surface area contributed by atoms with Gasteiger partial charge in [-0.1, -0.05) is 51.9 Å². The van der Waals surface area contributed by atoms with Crippen molar-refractivity contribution in [1.29, 1.82) is 0 Å². The van der Waals surface area contributed by atoms with E-state index in [2.05, 4.69) is 46.9 Å². The second kappa shape index (κ2) is 4.66. The highest BCUT2D eigenvalue weighted by atomic mass is 28.3. The molecular formula is C17H29Si. The minimum absolute atomic E-state index is 0.491. The van der Waals surface area contributed by atoms with Crippen LogP contribution in [-0.2, 0) is 0 Å². The summed E-state index contributed by atoms with van der Waals surface area (Å²) < 4.78 is 0. The molecular weight excluding hydrogens is 232 g/mol. The summed E-state index contributed by atoms with van der Waals surface area (Å²) in [5.74, 6) is 0.703. The van der Waals surface area contributed by atoms with E-state index in [9.17, 15) is 0 Å². The van der Waals surface area contributed by atoms with Gasteiger partial charge in [0, 0.05) is 0 Å². The molecule has 0 aromatic heterocycles. The molecule has 0 aliphatic heterocycles. The fourth-order valence-electron chi connectivity index (χ4n) is 3.00. The highest BCUT2D eigenvalue weighted by molar-refractivity contribution is 6.80. The van der Waals surface area contributed by atoms with Crippen molar-refractivity contribution in [3.63, 3.8) is 0 Å². The number of allylic oxidation sites excluding steroid dienone is 4. The van der Waals surface area contributed by atoms with Crippen LogP contribution in [0.15, 0.2) is 16.7 Å². The van der Waals surface area contributed by atoms with E-state index < -0.39 is 8.07 Å². The van der Waals surface area contributed by atoms with Crippen LogP contribution in [-0.4, -0.2) is 8.07 Å². The Bertz CT molecular complexity index is 390. The van der Waals surface area contributed by atoms with Crippen LogP contribution in [0, 0.1) is 12.0 Å². The maximum absolute atomic E-state index is 3.80. The molecule has 0 aromatic rings. The monoisotopic (exact) mass is 261 g/mol. The second-order valence-corrected chi connectivity index (χ2v) is 13.5. The molecule has 0 heterocycles. The third-order valence-electron chi connectivity index (χ3n) is 5.53. The standard InChI is InChI=1S/C17H29Si/c1-13-15(12-18(5,6)17(2,3)4)11-14-9-7-8-10-16(13)14/h13H,7-10,12H2,1-6H3. The Hall–Kier alpha value is -0.303. The van der Waals surface area contributed by atoms with Gasteiger partial charge in [-0.25, -0.2) is 0 Å². The molecule has 0 bridgehead atoms. The van der Waals surface area contributed by atoms with Crippen LogP contribution in [0.4, 0.5) is 0 Å². The molecule has 1 atom stereocenters. The second-order valence-electron chi connectivity index (χ2n) is 7.89. The number of rotatable bonds is 2. The van der Waals surface area contributed by atoms with E-state index in [-0.39, 0.29) is 0 Å². The quantitative estimate of drug-likeness (QED) is 0.556. The van der Waals surface area contributed by atoms with E-state index in [4.69, 9.17) is 0 Å². The first-order valence-electron chi connectivity index (χ1n) is 7.57. The summed E-state index contributed by atoms with van der Waals surface area (Å²) in [5, 5.41) is 0.491. The van der Waals surface area contributed by atoms with Gasteiger partial charge < -0.3 is 0 Å². The molecule has 1 unspecified atom stereocenters. The number of hydrogen-bond acceptors (Lipinski definition) is 0. The van der Waals surface area contributed by atoms with Crippen molar-refractivity contribution in [2.45, 2.75) is 77.6 Å². The Morgan fingerprint density at radius 3 is 2.33 bits per heavy atom. The van der Waals surface area contributed by atoms with Crippen LogP contribution < -0.4 is 0 Å². The summed E-state index contributed by atoms with van der Waals surface area (Å²) >= 11 is 0. The van der Waals surface area contributed by atoms with Gasteiger partial charge in [-0.3, -0.25) is 0 Å². The highest BCUT2D eigenvalue weighted by Gasteiger charge is 2.38. The van der Waals surface area contributed by atoms with Crippen molar-refractivity contribution in [2.75, 3.05) is 0 Å². The van der Waals surface area contributed by atoms with Gasteiger partial charge in [0.25, 0.3) is 0 Å². The lowest BCUT2D eigenvalue weighted by atomic mass is 9.88. The topological polar surface area (TPSA) is 0 Å². The molecule has 0 spiro atoms. The first kappa shape index (κ1) is 14.1. The van der Waals surface area contributed by atoms with Crippen LogP contribution in [0.1, 0.15) is 53.4 Å². The Balaban J connectivity index is 2.14. The predicted octanol–water partition coefficient (Wildman–Crippen LogP) is 5.74. The molecule has 0 saturated heterocycles. The van der Waals surface area contributed by atoms with Gasteiger partial charge in [0.15, 0.2) is 0 Å². The normalized spacial score (nSPS) is 25.2. The van der Waals surface area contributed by atoms with Crippen LogP contribution in [0.5, 0.6) is 0 Å². The zero-order valence-corrected chi connectivity index (χ0v) is 14.1. The maximum atomic E-state index is 3.80. The molecule has 0 fully saturated rings. The van der Waals surface area contributed by atoms with E-state index in [0.717, 1.165) is 0 Å². The SMILES string of the molecule is CC1C(C[Si](C)(C)C(C)(C)C)=[C]C2=C1CCCC2. The molecule has 0 N–H and O–H groups in total. The van der Waals surface area contributed by atoms with E-state index >= 15 is 0 Å². The summed E-state index contributed by atoms with van der Waals surface area (Å²) in [6, 6.07) is 1.34. The van der Waals surface area contributed by atoms with Crippen molar-refractivity contribution in [3.05, 3.63) is 22.8 Å². The smallest absolute Gasteiger partial charge is 0.0568 e. The van der Waals surface area contributed by atoms with Crippen LogP contribution in [0.25, 0.3) is 0 Å². The Morgan fingerprint density at radius 2 is 1.78 bits per heavy atom. The van der Waals surface area contributed by atoms with Crippen molar-refractivity contribution in [3.8, 4) is 0 Å². The molecule has 1 heteroatoms. The summed E-state index contributed by atoms with van der Waals surface area (Å²) in [5.41, 5.74) is 4.95. The van der Waals surface area contributed by atoms with Crippen LogP contribution in [0.3, 0.4) is 0 Å². The average Bonchev–Trinajstić information content (AvgIpc) is 2.54. The van der Waals surface area contributed by atoms with Gasteiger partial charge in [0.1, 0.15) is 0 Å². The minimum atomic E-state index is -1.20. The Morgan fingerprint density at radius 1 is 1.17 bits per heavy atom. The van der Waals surface area contributed by atoms with Crippen molar-refractivity contribution >= 4 is 8.07 Å². The zero-order chi connectivity index (χ0) is 13.6. The van der Waals surface area contributed by atoms with E-state index in [0.29, 0.717) is 11.0 Å². The molecule has 0 aromatic carbocycles. The van der Waals surface area contributed by atoms with E-state index in [1.807, 2.05) is 0 Å². The third-order valence-corrected chi connectivity index (χ3v) is 10.9. The lowest BCUT2D eigenvalue weighted by Gasteiger charge is -2.38. The lowest BCUT2D eigenvalue weighted by Crippen LogP contribution is -2.37. The van der Waals surface area contributed by atoms with E-state index in [1.165, 1.54) is 31.7 Å². The summed E-state index contributed by atoms with van der Waals surface area (Å²) in [6.07, 6.45) is 9.21. The van der Waals surface area contributed by atoms with Crippen molar-refractivity contribution < 1.29 is 0 Å². The van der Waals surface area contributed by atoms with Crippen LogP contribution in [0.2, 0.25) is 24.2 Å². The summed E-state index contributed by atoms with van der Waals surface area (Å²) in [7, 11) is -1.20. The largest absolute Gasteiger partial charge is 0.0687 e. The first-order chi connectivity index (χ1) is 8.22. The maximum Gasteiger partial charge on any atom is 0.0568 e. The van der Waals surface area contributed by atoms with Gasteiger partial charge in [-0.05, 0) is 54.3 Å². The van der Waals surface area contributed by atoms with Crippen LogP contribution >= 0.6 is 0 Å². The molecule has 1 radical (unpaired) electrons. The molecule has 101 valence electrons. The van der Waals surface area contributed by atoms with Crippen molar-refractivity contribution in [2.24, 2.45) is 5.92 Å². The molecule has 2 rings (SSSR count). The molecule has 0 saturated carbocycles. The third kappa shape index (κ3) is 2.52. The summed E-state index contributed by atoms with van der Waals surface area (Å²) in [6.45, 7) is 14.8. The fourth-order valence-corrected chi connectivity index (χ4v) is 4.88. The minimum Gasteiger partial charge on any atom is -0.0687 e. The van der Waals surface area contributed by atoms with Gasteiger partial charge in [0.05, 0.1) is 8.07 Å². The zero-order valence-electron chi connectivity index (χ0n) is 13.1. The highest BCUT2D eigenvalue weighted by Crippen LogP contribution is 2.46. The Kier molecular flexibility index (Phi) is 3.66. The average molecular weight is 262 g/mol. The number of hydrogen-bond donors (Lipinski definition) is 0. The Labute approximate surface area is 115 Å². The molecule has 2 aliphatic carbocycles. The molecule has 0 nitrogen and oxygen atoms in total. The molecule has 18 heavy (non-hydrogen) atoms.